The first-order valence-electron chi connectivity index (χ1n) is 2.51. The van der Waals surface area contributed by atoms with Crippen LogP contribution in [0.1, 0.15) is 6.92 Å². The minimum atomic E-state index is -0.221. The average Bonchev–Trinajstić information content (AvgIpc) is 1.68. The van der Waals surface area contributed by atoms with Gasteiger partial charge in [0.15, 0.2) is 0 Å². The molecule has 0 amide bonds. The summed E-state index contributed by atoms with van der Waals surface area (Å²) in [5, 5.41) is 2.88. The molecule has 2 heteroatoms. The van der Waals surface area contributed by atoms with Crippen LogP contribution in [0.3, 0.4) is 0 Å². The smallest absolute Gasteiger partial charge is 0.0932 e. The molecule has 0 spiro atoms. The normalized spacial score (nSPS) is 14.1. The zero-order chi connectivity index (χ0) is 5.70. The van der Waals surface area contributed by atoms with Crippen molar-refractivity contribution in [1.29, 1.82) is 0 Å². The van der Waals surface area contributed by atoms with Gasteiger partial charge in [-0.25, -0.2) is 0 Å². The maximum absolute atomic E-state index is 11.5. The van der Waals surface area contributed by atoms with E-state index in [0.717, 1.165) is 6.54 Å². The molecule has 0 aliphatic rings. The lowest BCUT2D eigenvalue weighted by atomic mass is 10.2. The number of alkyl halides is 1. The van der Waals surface area contributed by atoms with Gasteiger partial charge in [-0.3, -0.25) is 4.39 Å². The standard InChI is InChI=1S/C5H12FN/c1-5(3-6)4-7-2/h5,7H,3-4H2,1-2H3. The summed E-state index contributed by atoms with van der Waals surface area (Å²) in [6, 6.07) is 0. The van der Waals surface area contributed by atoms with Crippen molar-refractivity contribution in [2.24, 2.45) is 5.92 Å². The van der Waals surface area contributed by atoms with Gasteiger partial charge in [0.25, 0.3) is 0 Å². The lowest BCUT2D eigenvalue weighted by Crippen LogP contribution is -2.17. The summed E-state index contributed by atoms with van der Waals surface area (Å²) in [5.74, 6) is 0.171. The molecule has 0 aromatic rings. The number of hydrogen-bond acceptors (Lipinski definition) is 1. The maximum atomic E-state index is 11.5. The molecule has 1 atom stereocenters. The molecular formula is C5H12FN. The SMILES string of the molecule is CNCC(C)CF. The summed E-state index contributed by atoms with van der Waals surface area (Å²) >= 11 is 0. The molecule has 0 aliphatic heterocycles. The van der Waals surface area contributed by atoms with Gasteiger partial charge in [0.05, 0.1) is 6.67 Å². The number of hydrogen-bond donors (Lipinski definition) is 1. The summed E-state index contributed by atoms with van der Waals surface area (Å²) in [6.45, 7) is 2.42. The van der Waals surface area contributed by atoms with Gasteiger partial charge in [-0.15, -0.1) is 0 Å². The Balaban J connectivity index is 2.83. The third-order valence-electron chi connectivity index (χ3n) is 0.816. The Hall–Kier alpha value is -0.110. The predicted octanol–water partition coefficient (Wildman–Crippen LogP) is 0.811. The third kappa shape index (κ3) is 3.73. The number of rotatable bonds is 3. The molecule has 0 rings (SSSR count). The van der Waals surface area contributed by atoms with Crippen molar-refractivity contribution in [1.82, 2.24) is 5.32 Å². The second-order valence-corrected chi connectivity index (χ2v) is 1.82. The fourth-order valence-electron chi connectivity index (χ4n) is 0.403. The highest BCUT2D eigenvalue weighted by molar-refractivity contribution is 4.49. The van der Waals surface area contributed by atoms with Crippen molar-refractivity contribution in [3.05, 3.63) is 0 Å². The highest BCUT2D eigenvalue weighted by Crippen LogP contribution is 1.90. The van der Waals surface area contributed by atoms with E-state index < -0.39 is 0 Å². The molecule has 0 aromatic carbocycles. The molecule has 0 heterocycles. The molecule has 0 aliphatic carbocycles. The van der Waals surface area contributed by atoms with Gasteiger partial charge in [-0.2, -0.15) is 0 Å². The second kappa shape index (κ2) is 4.06. The van der Waals surface area contributed by atoms with Crippen LogP contribution < -0.4 is 5.32 Å². The van der Waals surface area contributed by atoms with Crippen LogP contribution in [0.5, 0.6) is 0 Å². The minimum Gasteiger partial charge on any atom is -0.319 e. The van der Waals surface area contributed by atoms with Gasteiger partial charge < -0.3 is 5.32 Å². The largest absolute Gasteiger partial charge is 0.319 e. The van der Waals surface area contributed by atoms with E-state index in [1.165, 1.54) is 0 Å². The second-order valence-electron chi connectivity index (χ2n) is 1.82. The topological polar surface area (TPSA) is 12.0 Å². The highest BCUT2D eigenvalue weighted by Gasteiger charge is 1.95. The molecule has 44 valence electrons. The molecule has 0 saturated heterocycles. The van der Waals surface area contributed by atoms with Gasteiger partial charge in [0.2, 0.25) is 0 Å². The Kier molecular flexibility index (Phi) is 4.00. The van der Waals surface area contributed by atoms with Crippen molar-refractivity contribution < 1.29 is 4.39 Å². The van der Waals surface area contributed by atoms with Gasteiger partial charge in [-0.05, 0) is 19.5 Å². The Morgan fingerprint density at radius 1 is 1.71 bits per heavy atom. The van der Waals surface area contributed by atoms with Crippen LogP contribution in [0, 0.1) is 5.92 Å². The molecule has 0 aromatic heterocycles. The van der Waals surface area contributed by atoms with Crippen LogP contribution in [0.2, 0.25) is 0 Å². The first kappa shape index (κ1) is 6.89. The Bertz CT molecular complexity index is 39.1. The van der Waals surface area contributed by atoms with Gasteiger partial charge >= 0.3 is 0 Å². The van der Waals surface area contributed by atoms with E-state index in [-0.39, 0.29) is 12.6 Å². The van der Waals surface area contributed by atoms with E-state index in [2.05, 4.69) is 5.32 Å². The van der Waals surface area contributed by atoms with Crippen LogP contribution in [0.25, 0.3) is 0 Å². The zero-order valence-electron chi connectivity index (χ0n) is 4.87. The van der Waals surface area contributed by atoms with Crippen LogP contribution >= 0.6 is 0 Å². The average molecular weight is 105 g/mol. The van der Waals surface area contributed by atoms with E-state index in [1.54, 1.807) is 0 Å². The van der Waals surface area contributed by atoms with Crippen molar-refractivity contribution in [2.45, 2.75) is 6.92 Å². The molecule has 0 bridgehead atoms. The number of halogens is 1. The summed E-state index contributed by atoms with van der Waals surface area (Å²) in [7, 11) is 1.83. The molecule has 0 saturated carbocycles. The lowest BCUT2D eigenvalue weighted by molar-refractivity contribution is 0.375. The van der Waals surface area contributed by atoms with E-state index in [9.17, 15) is 4.39 Å². The van der Waals surface area contributed by atoms with Crippen molar-refractivity contribution in [3.63, 3.8) is 0 Å². The molecule has 1 unspecified atom stereocenters. The minimum absolute atomic E-state index is 0.171. The fourth-order valence-corrected chi connectivity index (χ4v) is 0.403. The molecular weight excluding hydrogens is 93.1 g/mol. The highest BCUT2D eigenvalue weighted by atomic mass is 19.1. The number of nitrogens with one attached hydrogen (secondary N) is 1. The summed E-state index contributed by atoms with van der Waals surface area (Å²) in [4.78, 5) is 0. The van der Waals surface area contributed by atoms with Gasteiger partial charge in [-0.1, -0.05) is 6.92 Å². The van der Waals surface area contributed by atoms with E-state index >= 15 is 0 Å². The van der Waals surface area contributed by atoms with Gasteiger partial charge in [0, 0.05) is 0 Å². The molecule has 0 radical (unpaired) electrons. The Morgan fingerprint density at radius 3 is 2.43 bits per heavy atom. The molecule has 1 N–H and O–H groups in total. The molecule has 1 nitrogen and oxygen atoms in total. The zero-order valence-corrected chi connectivity index (χ0v) is 4.87. The van der Waals surface area contributed by atoms with Crippen molar-refractivity contribution in [3.8, 4) is 0 Å². The first-order valence-corrected chi connectivity index (χ1v) is 2.51. The molecule has 7 heavy (non-hydrogen) atoms. The molecule has 0 fully saturated rings. The third-order valence-corrected chi connectivity index (χ3v) is 0.816. The Labute approximate surface area is 43.9 Å². The maximum Gasteiger partial charge on any atom is 0.0932 e. The van der Waals surface area contributed by atoms with Crippen LogP contribution in [-0.2, 0) is 0 Å². The first-order chi connectivity index (χ1) is 3.31. The summed E-state index contributed by atoms with van der Waals surface area (Å²) < 4.78 is 11.5. The fraction of sp³-hybridized carbons (Fsp3) is 1.00. The Morgan fingerprint density at radius 2 is 2.29 bits per heavy atom. The van der Waals surface area contributed by atoms with Gasteiger partial charge in [0.1, 0.15) is 0 Å². The van der Waals surface area contributed by atoms with Crippen molar-refractivity contribution >= 4 is 0 Å². The van der Waals surface area contributed by atoms with Crippen LogP contribution in [0.15, 0.2) is 0 Å². The van der Waals surface area contributed by atoms with E-state index in [4.69, 9.17) is 0 Å². The van der Waals surface area contributed by atoms with Crippen LogP contribution in [-0.4, -0.2) is 20.3 Å². The van der Waals surface area contributed by atoms with Crippen molar-refractivity contribution in [2.75, 3.05) is 20.3 Å². The predicted molar refractivity (Wildman–Crippen MR) is 29.1 cm³/mol. The summed E-state index contributed by atoms with van der Waals surface area (Å²) in [6.07, 6.45) is 0. The summed E-state index contributed by atoms with van der Waals surface area (Å²) in [5.41, 5.74) is 0. The monoisotopic (exact) mass is 105 g/mol. The van der Waals surface area contributed by atoms with E-state index in [1.807, 2.05) is 14.0 Å². The van der Waals surface area contributed by atoms with E-state index in [0.29, 0.717) is 0 Å². The quantitative estimate of drug-likeness (QED) is 0.560. The lowest BCUT2D eigenvalue weighted by Gasteiger charge is -2.01. The van der Waals surface area contributed by atoms with Crippen LogP contribution in [0.4, 0.5) is 4.39 Å².